The average molecular weight is 340 g/mol. The van der Waals surface area contributed by atoms with Crippen LogP contribution in [0.3, 0.4) is 0 Å². The number of hydrogen-bond acceptors (Lipinski definition) is 4. The van der Waals surface area contributed by atoms with E-state index in [9.17, 15) is 4.79 Å². The highest BCUT2D eigenvalue weighted by Crippen LogP contribution is 2.37. The Labute approximate surface area is 148 Å². The van der Waals surface area contributed by atoms with Gasteiger partial charge in [-0.2, -0.15) is 0 Å². The van der Waals surface area contributed by atoms with Crippen molar-refractivity contribution in [1.82, 2.24) is 0 Å². The van der Waals surface area contributed by atoms with E-state index in [-0.39, 0.29) is 11.8 Å². The number of rotatable bonds is 5. The molecule has 1 unspecified atom stereocenters. The van der Waals surface area contributed by atoms with Crippen molar-refractivity contribution in [2.24, 2.45) is 5.92 Å². The lowest BCUT2D eigenvalue weighted by Crippen LogP contribution is -2.49. The zero-order valence-corrected chi connectivity index (χ0v) is 14.9. The van der Waals surface area contributed by atoms with Crippen LogP contribution in [0.15, 0.2) is 42.5 Å². The number of anilines is 2. The maximum absolute atomic E-state index is 12.8. The predicted octanol–water partition coefficient (Wildman–Crippen LogP) is 3.41. The van der Waals surface area contributed by atoms with Crippen LogP contribution in [-0.4, -0.2) is 25.2 Å². The van der Waals surface area contributed by atoms with Gasteiger partial charge < -0.3 is 20.1 Å². The van der Waals surface area contributed by atoms with Crippen molar-refractivity contribution in [2.45, 2.75) is 26.9 Å². The van der Waals surface area contributed by atoms with Crippen molar-refractivity contribution in [3.63, 3.8) is 0 Å². The Hall–Kier alpha value is -2.69. The second-order valence-electron chi connectivity index (χ2n) is 6.66. The van der Waals surface area contributed by atoms with E-state index in [4.69, 9.17) is 15.2 Å². The predicted molar refractivity (Wildman–Crippen MR) is 99.1 cm³/mol. The third-order valence-electron chi connectivity index (χ3n) is 4.22. The standard InChI is InChI=1S/C20H24N2O3/c1-13(2)19-20(23)22(17-8-7-15(21)12-18(17)25-19)9-10-24-16-6-4-5-14(3)11-16/h4-8,11-13,19H,9-10,21H2,1-3H3. The molecule has 25 heavy (non-hydrogen) atoms. The third kappa shape index (κ3) is 3.71. The highest BCUT2D eigenvalue weighted by molar-refractivity contribution is 6.00. The summed E-state index contributed by atoms with van der Waals surface area (Å²) in [6.45, 7) is 6.83. The van der Waals surface area contributed by atoms with E-state index >= 15 is 0 Å². The highest BCUT2D eigenvalue weighted by atomic mass is 16.5. The third-order valence-corrected chi connectivity index (χ3v) is 4.22. The summed E-state index contributed by atoms with van der Waals surface area (Å²) in [5.74, 6) is 1.48. The van der Waals surface area contributed by atoms with E-state index in [2.05, 4.69) is 0 Å². The van der Waals surface area contributed by atoms with Crippen molar-refractivity contribution in [1.29, 1.82) is 0 Å². The van der Waals surface area contributed by atoms with Crippen LogP contribution in [0.25, 0.3) is 0 Å². The Bertz CT molecular complexity index is 773. The van der Waals surface area contributed by atoms with Gasteiger partial charge in [0, 0.05) is 11.8 Å². The Kier molecular flexibility index (Phi) is 4.83. The fourth-order valence-corrected chi connectivity index (χ4v) is 2.92. The first-order valence-electron chi connectivity index (χ1n) is 8.52. The van der Waals surface area contributed by atoms with Crippen LogP contribution in [-0.2, 0) is 4.79 Å². The molecule has 0 saturated carbocycles. The molecule has 0 bridgehead atoms. The fourth-order valence-electron chi connectivity index (χ4n) is 2.92. The first-order chi connectivity index (χ1) is 12.0. The summed E-state index contributed by atoms with van der Waals surface area (Å²) in [6, 6.07) is 13.2. The number of hydrogen-bond donors (Lipinski definition) is 1. The largest absolute Gasteiger partial charge is 0.492 e. The van der Waals surface area contributed by atoms with Gasteiger partial charge >= 0.3 is 0 Å². The number of amides is 1. The molecule has 5 heteroatoms. The van der Waals surface area contributed by atoms with Crippen molar-refractivity contribution < 1.29 is 14.3 Å². The number of nitrogens with zero attached hydrogens (tertiary/aromatic N) is 1. The summed E-state index contributed by atoms with van der Waals surface area (Å²) in [6.07, 6.45) is -0.506. The lowest BCUT2D eigenvalue weighted by Gasteiger charge is -2.36. The van der Waals surface area contributed by atoms with Gasteiger partial charge in [0.2, 0.25) is 0 Å². The maximum Gasteiger partial charge on any atom is 0.268 e. The molecule has 0 saturated heterocycles. The topological polar surface area (TPSA) is 64.8 Å². The summed E-state index contributed by atoms with van der Waals surface area (Å²) in [7, 11) is 0. The minimum atomic E-state index is -0.506. The molecule has 0 aliphatic carbocycles. The van der Waals surface area contributed by atoms with Gasteiger partial charge in [0.15, 0.2) is 6.10 Å². The smallest absolute Gasteiger partial charge is 0.268 e. The fraction of sp³-hybridized carbons (Fsp3) is 0.350. The first kappa shape index (κ1) is 17.1. The van der Waals surface area contributed by atoms with Gasteiger partial charge in [-0.05, 0) is 42.7 Å². The minimum absolute atomic E-state index is 0.0416. The molecule has 1 amide bonds. The summed E-state index contributed by atoms with van der Waals surface area (Å²) < 4.78 is 11.7. The van der Waals surface area contributed by atoms with Crippen molar-refractivity contribution >= 4 is 17.3 Å². The van der Waals surface area contributed by atoms with E-state index in [1.807, 2.05) is 51.1 Å². The molecule has 2 aromatic carbocycles. The molecule has 132 valence electrons. The molecular weight excluding hydrogens is 316 g/mol. The summed E-state index contributed by atoms with van der Waals surface area (Å²) in [5.41, 5.74) is 8.36. The molecule has 5 nitrogen and oxygen atoms in total. The van der Waals surface area contributed by atoms with Gasteiger partial charge in [0.05, 0.1) is 12.2 Å². The van der Waals surface area contributed by atoms with E-state index < -0.39 is 6.10 Å². The minimum Gasteiger partial charge on any atom is -0.492 e. The van der Waals surface area contributed by atoms with E-state index in [1.54, 1.807) is 17.0 Å². The summed E-state index contributed by atoms with van der Waals surface area (Å²) >= 11 is 0. The van der Waals surface area contributed by atoms with Crippen LogP contribution < -0.4 is 20.1 Å². The lowest BCUT2D eigenvalue weighted by molar-refractivity contribution is -0.128. The Balaban J connectivity index is 1.77. The van der Waals surface area contributed by atoms with Gasteiger partial charge in [-0.1, -0.05) is 26.0 Å². The number of benzene rings is 2. The zero-order valence-electron chi connectivity index (χ0n) is 14.9. The van der Waals surface area contributed by atoms with Gasteiger partial charge in [-0.15, -0.1) is 0 Å². The lowest BCUT2D eigenvalue weighted by atomic mass is 10.0. The molecule has 1 aliphatic heterocycles. The summed E-state index contributed by atoms with van der Waals surface area (Å²) in [5, 5.41) is 0. The Morgan fingerprint density at radius 2 is 2.04 bits per heavy atom. The van der Waals surface area contributed by atoms with Crippen LogP contribution in [0.4, 0.5) is 11.4 Å². The number of carbonyl (C=O) groups excluding carboxylic acids is 1. The van der Waals surface area contributed by atoms with Crippen LogP contribution in [0.2, 0.25) is 0 Å². The molecule has 0 fully saturated rings. The van der Waals surface area contributed by atoms with E-state index in [0.717, 1.165) is 17.0 Å². The zero-order chi connectivity index (χ0) is 18.0. The number of nitrogen functional groups attached to an aromatic ring is 1. The molecule has 0 aromatic heterocycles. The number of fused-ring (bicyclic) bond motifs is 1. The second-order valence-corrected chi connectivity index (χ2v) is 6.66. The average Bonchev–Trinajstić information content (AvgIpc) is 2.56. The number of carbonyl (C=O) groups is 1. The van der Waals surface area contributed by atoms with Crippen molar-refractivity contribution in [3.8, 4) is 11.5 Å². The quantitative estimate of drug-likeness (QED) is 0.847. The molecule has 1 heterocycles. The van der Waals surface area contributed by atoms with Gasteiger partial charge in [0.25, 0.3) is 5.91 Å². The van der Waals surface area contributed by atoms with E-state index in [0.29, 0.717) is 24.6 Å². The van der Waals surface area contributed by atoms with Gasteiger partial charge in [-0.25, -0.2) is 0 Å². The molecule has 1 aliphatic rings. The van der Waals surface area contributed by atoms with Crippen molar-refractivity contribution in [2.75, 3.05) is 23.8 Å². The molecule has 1 atom stereocenters. The van der Waals surface area contributed by atoms with E-state index in [1.165, 1.54) is 0 Å². The van der Waals surface area contributed by atoms with Crippen LogP contribution >= 0.6 is 0 Å². The molecule has 0 radical (unpaired) electrons. The Morgan fingerprint density at radius 1 is 1.24 bits per heavy atom. The Morgan fingerprint density at radius 3 is 2.76 bits per heavy atom. The normalized spacial score (nSPS) is 16.6. The SMILES string of the molecule is Cc1cccc(OCCN2C(=O)C(C(C)C)Oc3cc(N)ccc32)c1. The molecular formula is C20H24N2O3. The van der Waals surface area contributed by atoms with Gasteiger partial charge in [0.1, 0.15) is 18.1 Å². The first-order valence-corrected chi connectivity index (χ1v) is 8.52. The number of nitrogens with two attached hydrogens (primary N) is 1. The number of aryl methyl sites for hydroxylation is 1. The summed E-state index contributed by atoms with van der Waals surface area (Å²) in [4.78, 5) is 14.6. The second kappa shape index (κ2) is 7.05. The monoisotopic (exact) mass is 340 g/mol. The van der Waals surface area contributed by atoms with Crippen LogP contribution in [0.5, 0.6) is 11.5 Å². The van der Waals surface area contributed by atoms with Crippen LogP contribution in [0, 0.1) is 12.8 Å². The number of ether oxygens (including phenoxy) is 2. The molecule has 3 rings (SSSR count). The molecule has 0 spiro atoms. The maximum atomic E-state index is 12.8. The van der Waals surface area contributed by atoms with Crippen LogP contribution in [0.1, 0.15) is 19.4 Å². The molecule has 2 N–H and O–H groups in total. The highest BCUT2D eigenvalue weighted by Gasteiger charge is 2.36. The van der Waals surface area contributed by atoms with Gasteiger partial charge in [-0.3, -0.25) is 4.79 Å². The van der Waals surface area contributed by atoms with Crippen molar-refractivity contribution in [3.05, 3.63) is 48.0 Å². The molecule has 2 aromatic rings.